The zero-order chi connectivity index (χ0) is 28.4. The van der Waals surface area contributed by atoms with Crippen molar-refractivity contribution in [1.29, 1.82) is 0 Å². The van der Waals surface area contributed by atoms with Crippen LogP contribution in [0.15, 0.2) is 60.6 Å². The summed E-state index contributed by atoms with van der Waals surface area (Å²) in [5.41, 5.74) is 8.50. The van der Waals surface area contributed by atoms with Crippen molar-refractivity contribution in [2.24, 2.45) is 0 Å². The Hall–Kier alpha value is -3.92. The van der Waals surface area contributed by atoms with E-state index in [1.807, 2.05) is 77.9 Å². The third kappa shape index (κ3) is 5.91. The van der Waals surface area contributed by atoms with Crippen LogP contribution in [0.1, 0.15) is 42.5 Å². The van der Waals surface area contributed by atoms with Gasteiger partial charge >= 0.3 is 0 Å². The molecule has 0 radical (unpaired) electrons. The molecule has 4 aromatic carbocycles. The maximum Gasteiger partial charge on any atom is 0.130 e. The minimum absolute atomic E-state index is 0.0589. The first-order chi connectivity index (χ1) is 18.5. The van der Waals surface area contributed by atoms with Crippen LogP contribution >= 0.6 is 0 Å². The molecule has 0 fully saturated rings. The van der Waals surface area contributed by atoms with E-state index in [1.165, 1.54) is 0 Å². The van der Waals surface area contributed by atoms with Gasteiger partial charge in [-0.3, -0.25) is 0 Å². The number of ether oxygens (including phenoxy) is 2. The molecule has 0 heterocycles. The van der Waals surface area contributed by atoms with Crippen LogP contribution in [-0.2, 0) is 0 Å². The molecule has 37 heavy (non-hydrogen) atoms. The first-order valence-corrected chi connectivity index (χ1v) is 12.6. The van der Waals surface area contributed by atoms with E-state index in [0.29, 0.717) is 42.3 Å². The lowest BCUT2D eigenvalue weighted by Gasteiger charge is -2.18. The van der Waals surface area contributed by atoms with Crippen molar-refractivity contribution in [2.45, 2.75) is 48.0 Å². The minimum atomic E-state index is -0.0589. The van der Waals surface area contributed by atoms with Gasteiger partial charge in [0.1, 0.15) is 23.0 Å². The number of benzene rings is 4. The van der Waals surface area contributed by atoms with Crippen LogP contribution in [0.25, 0.3) is 22.3 Å². The van der Waals surface area contributed by atoms with Gasteiger partial charge < -0.3 is 19.7 Å². The van der Waals surface area contributed by atoms with Gasteiger partial charge in [-0.25, -0.2) is 0 Å². The number of aryl methyl sites for hydroxylation is 6. The van der Waals surface area contributed by atoms with Crippen LogP contribution in [0.2, 0.25) is 0 Å². The summed E-state index contributed by atoms with van der Waals surface area (Å²) < 4.78 is 28.7. The van der Waals surface area contributed by atoms with E-state index in [9.17, 15) is 10.2 Å². The molecule has 0 aliphatic carbocycles. The van der Waals surface area contributed by atoms with Crippen molar-refractivity contribution < 1.29 is 22.4 Å². The summed E-state index contributed by atoms with van der Waals surface area (Å²) in [6.07, 6.45) is 0.604. The van der Waals surface area contributed by atoms with Crippen LogP contribution in [0.5, 0.6) is 23.0 Å². The molecular formula is C33H36O4. The van der Waals surface area contributed by atoms with Gasteiger partial charge in [-0.05, 0) is 100 Å². The summed E-state index contributed by atoms with van der Waals surface area (Å²) in [4.78, 5) is 0. The second-order valence-corrected chi connectivity index (χ2v) is 9.85. The van der Waals surface area contributed by atoms with Gasteiger partial charge in [0, 0.05) is 28.7 Å². The van der Waals surface area contributed by atoms with Gasteiger partial charge in [-0.15, -0.1) is 0 Å². The molecule has 2 N–H and O–H groups in total. The van der Waals surface area contributed by atoms with E-state index in [-0.39, 0.29) is 23.6 Å². The molecule has 192 valence electrons. The van der Waals surface area contributed by atoms with Crippen LogP contribution in [-0.4, -0.2) is 23.4 Å². The third-order valence-corrected chi connectivity index (χ3v) is 6.33. The second kappa shape index (κ2) is 11.0. The van der Waals surface area contributed by atoms with Crippen molar-refractivity contribution in [3.63, 3.8) is 0 Å². The number of rotatable bonds is 8. The van der Waals surface area contributed by atoms with E-state index in [4.69, 9.17) is 12.2 Å². The average molecular weight is 499 g/mol. The van der Waals surface area contributed by atoms with Crippen molar-refractivity contribution in [2.75, 3.05) is 13.2 Å². The highest BCUT2D eigenvalue weighted by Gasteiger charge is 2.16. The van der Waals surface area contributed by atoms with E-state index < -0.39 is 0 Å². The molecule has 0 amide bonds. The number of hydrogen-bond acceptors (Lipinski definition) is 4. The van der Waals surface area contributed by atoms with Crippen LogP contribution in [0.4, 0.5) is 0 Å². The molecule has 0 aromatic heterocycles. The van der Waals surface area contributed by atoms with Gasteiger partial charge in [-0.2, -0.15) is 0 Å². The Balaban J connectivity index is 1.54. The van der Waals surface area contributed by atoms with Gasteiger partial charge in [0.15, 0.2) is 0 Å². The first-order valence-electron chi connectivity index (χ1n) is 13.6. The summed E-state index contributed by atoms with van der Waals surface area (Å²) in [5, 5.41) is 21.3. The zero-order valence-corrected chi connectivity index (χ0v) is 22.5. The molecule has 0 unspecified atom stereocenters. The molecule has 0 saturated carbocycles. The average Bonchev–Trinajstić information content (AvgIpc) is 2.85. The molecule has 0 saturated heterocycles. The smallest absolute Gasteiger partial charge is 0.130 e. The highest BCUT2D eigenvalue weighted by Crippen LogP contribution is 2.41. The minimum Gasteiger partial charge on any atom is -0.507 e. The quantitative estimate of drug-likeness (QED) is 0.241. The van der Waals surface area contributed by atoms with E-state index in [0.717, 1.165) is 44.5 Å². The van der Waals surface area contributed by atoms with Gasteiger partial charge in [0.05, 0.1) is 16.0 Å². The summed E-state index contributed by atoms with van der Waals surface area (Å²) in [6, 6.07) is 15.2. The fraction of sp³-hybridized carbons (Fsp3) is 0.273. The third-order valence-electron chi connectivity index (χ3n) is 6.33. The molecule has 4 heteroatoms. The summed E-state index contributed by atoms with van der Waals surface area (Å²) >= 11 is 0. The Morgan fingerprint density at radius 3 is 1.35 bits per heavy atom. The van der Waals surface area contributed by atoms with Crippen molar-refractivity contribution in [3.05, 3.63) is 94.0 Å². The lowest BCUT2D eigenvalue weighted by molar-refractivity contribution is 0.247. The highest BCUT2D eigenvalue weighted by molar-refractivity contribution is 5.79. The Labute approximate surface area is 223 Å². The molecule has 0 spiro atoms. The monoisotopic (exact) mass is 498 g/mol. The second-order valence-electron chi connectivity index (χ2n) is 9.85. The maximum absolute atomic E-state index is 10.6. The lowest BCUT2D eigenvalue weighted by Crippen LogP contribution is -2.08. The van der Waals surface area contributed by atoms with Crippen LogP contribution in [0.3, 0.4) is 0 Å². The number of hydrogen-bond donors (Lipinski definition) is 2. The number of phenols is 2. The Kier molecular flexibility index (Phi) is 6.98. The zero-order valence-electron chi connectivity index (χ0n) is 24.5. The van der Waals surface area contributed by atoms with E-state index in [2.05, 4.69) is 0 Å². The predicted octanol–water partition coefficient (Wildman–Crippen LogP) is 8.13. The molecule has 0 aliphatic rings. The van der Waals surface area contributed by atoms with Gasteiger partial charge in [-0.1, -0.05) is 35.4 Å². The summed E-state index contributed by atoms with van der Waals surface area (Å²) in [6.45, 7) is 12.6. The van der Waals surface area contributed by atoms with Crippen molar-refractivity contribution in [1.82, 2.24) is 0 Å². The largest absolute Gasteiger partial charge is 0.507 e. The molecule has 4 aromatic rings. The topological polar surface area (TPSA) is 58.9 Å². The Morgan fingerprint density at radius 2 is 0.946 bits per heavy atom. The van der Waals surface area contributed by atoms with Crippen LogP contribution < -0.4 is 9.47 Å². The molecule has 0 atom stereocenters. The van der Waals surface area contributed by atoms with Gasteiger partial charge in [0.25, 0.3) is 0 Å². The van der Waals surface area contributed by atoms with Crippen molar-refractivity contribution in [3.8, 4) is 45.3 Å². The molecule has 4 rings (SSSR count). The fourth-order valence-corrected chi connectivity index (χ4v) is 4.71. The van der Waals surface area contributed by atoms with Crippen LogP contribution in [0, 0.1) is 41.5 Å². The Morgan fingerprint density at radius 1 is 0.568 bits per heavy atom. The van der Waals surface area contributed by atoms with E-state index in [1.54, 1.807) is 12.1 Å². The summed E-state index contributed by atoms with van der Waals surface area (Å²) in [5.74, 6) is 1.24. The van der Waals surface area contributed by atoms with Gasteiger partial charge in [0.2, 0.25) is 0 Å². The number of aromatic hydroxyl groups is 2. The normalized spacial score (nSPS) is 11.7. The van der Waals surface area contributed by atoms with Crippen molar-refractivity contribution >= 4 is 0 Å². The maximum atomic E-state index is 10.6. The first kappa shape index (κ1) is 23.5. The molecular weight excluding hydrogens is 460 g/mol. The standard InChI is InChI=1S/C33H36O4/c1-20-8-10-30(34)26(16-20)28-18-22(3)14-24(5)32(28)36-12-7-13-37-33-25(6)15-23(4)19-29(33)27-17-21(2)9-11-31(27)35/h8-11,14-19,34-35H,7,12-13H2,1-6H3/i10D,11D. The lowest BCUT2D eigenvalue weighted by atomic mass is 9.97. The predicted molar refractivity (Wildman–Crippen MR) is 151 cm³/mol. The molecule has 0 aliphatic heterocycles. The molecule has 4 nitrogen and oxygen atoms in total. The Bertz CT molecular complexity index is 1430. The van der Waals surface area contributed by atoms with E-state index >= 15 is 0 Å². The highest BCUT2D eigenvalue weighted by atomic mass is 16.5. The SMILES string of the molecule is [2H]c1cc(C)cc(-c2cc(C)cc(C)c2OCCCOc2c(C)cc(C)cc2-c2cc(C)cc([2H])c2O)c1O. The molecule has 0 bridgehead atoms. The summed E-state index contributed by atoms with van der Waals surface area (Å²) in [7, 11) is 0. The number of phenolic OH excluding ortho intramolecular Hbond substituents is 2. The fourth-order valence-electron chi connectivity index (χ4n) is 4.71.